The molecule has 1 unspecified atom stereocenters. The molecule has 2 aliphatic rings. The fourth-order valence-corrected chi connectivity index (χ4v) is 9.47. The maximum absolute atomic E-state index is 11.1. The lowest BCUT2D eigenvalue weighted by Crippen LogP contribution is -2.49. The molecular weight excluding hydrogens is 758 g/mol. The average molecular weight is 838 g/mol. The van der Waals surface area contributed by atoms with Gasteiger partial charge >= 0.3 is 14.6 Å². The van der Waals surface area contributed by atoms with E-state index in [1.807, 2.05) is 35.2 Å². The summed E-state index contributed by atoms with van der Waals surface area (Å²) in [4.78, 5) is 0. The van der Waals surface area contributed by atoms with Gasteiger partial charge in [-0.05, 0) is 156 Å². The third kappa shape index (κ3) is 10.4. The molecule has 1 aliphatic heterocycles. The summed E-state index contributed by atoms with van der Waals surface area (Å²) in [6.45, 7) is 25.3. The third-order valence-electron chi connectivity index (χ3n) is 14.7. The van der Waals surface area contributed by atoms with E-state index >= 15 is 0 Å². The van der Waals surface area contributed by atoms with Gasteiger partial charge in [-0.25, -0.2) is 0 Å². The van der Waals surface area contributed by atoms with Gasteiger partial charge in [0, 0.05) is 0 Å². The number of fused-ring (bicyclic) bond motifs is 3. The van der Waals surface area contributed by atoms with Gasteiger partial charge < -0.3 is 19.1 Å². The van der Waals surface area contributed by atoms with Crippen LogP contribution in [0.1, 0.15) is 198 Å². The Kier molecular flexibility index (Phi) is 15.5. The number of hydrogen-bond acceptors (Lipinski definition) is 4. The van der Waals surface area contributed by atoms with Crippen LogP contribution in [0.4, 0.5) is 0 Å². The van der Waals surface area contributed by atoms with E-state index in [1.54, 1.807) is 0 Å². The zero-order valence-electron chi connectivity index (χ0n) is 40.9. The number of aryl methyl sites for hydroxylation is 4. The second-order valence-corrected chi connectivity index (χ2v) is 20.9. The van der Waals surface area contributed by atoms with Gasteiger partial charge in [-0.1, -0.05) is 162 Å². The Morgan fingerprint density at radius 2 is 1.05 bits per heavy atom. The summed E-state index contributed by atoms with van der Waals surface area (Å²) >= 11 is 0. The molecule has 0 amide bonds. The van der Waals surface area contributed by atoms with E-state index in [-0.39, 0.29) is 0 Å². The predicted octanol–water partition coefficient (Wildman–Crippen LogP) is 12.8. The molecule has 62 heavy (non-hydrogen) atoms. The lowest BCUT2D eigenvalue weighted by molar-refractivity contribution is -0.0893. The normalized spacial score (nSPS) is 18.0. The minimum atomic E-state index is -1.04. The third-order valence-corrected chi connectivity index (χ3v) is 14.7. The lowest BCUT2D eigenvalue weighted by Gasteiger charge is -2.38. The Hall–Kier alpha value is -3.15. The number of benzene rings is 4. The summed E-state index contributed by atoms with van der Waals surface area (Å²) in [6, 6.07) is 28.9. The summed E-state index contributed by atoms with van der Waals surface area (Å²) in [7, 11) is 1.37. The SMILES string of the molecule is CCCCCCc1cc(C)cc(C2(c3cc(CCCCCC)cc(CCCCCC)c3)c3cc([B]OC(C)(C)C(C)(C)O)ccc3-c3ccc(B4OC(C)(C)C(C)(C)O4)cc32)c1. The van der Waals surface area contributed by atoms with Crippen LogP contribution in [-0.4, -0.2) is 42.1 Å². The first-order chi connectivity index (χ1) is 29.4. The molecule has 1 saturated heterocycles. The highest BCUT2D eigenvalue weighted by Gasteiger charge is 2.53. The van der Waals surface area contributed by atoms with Crippen LogP contribution in [0.2, 0.25) is 0 Å². The Bertz CT molecular complexity index is 2080. The standard InChI is InChI=1S/C56H79B2O4/c1-13-16-19-22-25-41-32-40(4)33-44(35-41)56(45-36-42(26-23-20-17-14-2)34-43(37-45)27-24-21-18-15-3)50-38-46(57-60-53(7,8)52(5,6)59)28-30-48(50)49-31-29-47(39-51(49)56)58-61-54(9,10)55(11,12)62-58/h28-39,59H,13-27H2,1-12H3. The summed E-state index contributed by atoms with van der Waals surface area (Å²) in [5, 5.41) is 11.1. The quantitative estimate of drug-likeness (QED) is 0.0557. The van der Waals surface area contributed by atoms with Gasteiger partial charge in [0.1, 0.15) is 0 Å². The molecule has 1 heterocycles. The van der Waals surface area contributed by atoms with Crippen LogP contribution in [-0.2, 0) is 38.6 Å². The van der Waals surface area contributed by atoms with Crippen molar-refractivity contribution >= 4 is 25.5 Å². The molecule has 0 spiro atoms. The first-order valence-electron chi connectivity index (χ1n) is 24.5. The molecule has 4 aromatic carbocycles. The van der Waals surface area contributed by atoms with Crippen molar-refractivity contribution in [3.05, 3.63) is 117 Å². The van der Waals surface area contributed by atoms with Gasteiger partial charge in [-0.3, -0.25) is 0 Å². The van der Waals surface area contributed by atoms with Crippen molar-refractivity contribution in [2.75, 3.05) is 0 Å². The van der Waals surface area contributed by atoms with Crippen molar-refractivity contribution in [1.82, 2.24) is 0 Å². The molecule has 4 nitrogen and oxygen atoms in total. The smallest absolute Gasteiger partial charge is 0.427 e. The molecule has 333 valence electrons. The van der Waals surface area contributed by atoms with Crippen LogP contribution in [0, 0.1) is 6.92 Å². The van der Waals surface area contributed by atoms with Crippen LogP contribution < -0.4 is 10.9 Å². The Morgan fingerprint density at radius 1 is 0.581 bits per heavy atom. The van der Waals surface area contributed by atoms with Gasteiger partial charge in [-0.15, -0.1) is 0 Å². The molecule has 0 aromatic heterocycles. The molecule has 1 aliphatic carbocycles. The Balaban J connectivity index is 1.65. The molecule has 1 atom stereocenters. The monoisotopic (exact) mass is 838 g/mol. The van der Waals surface area contributed by atoms with Gasteiger partial charge in [-0.2, -0.15) is 0 Å². The largest absolute Gasteiger partial charge is 0.494 e. The van der Waals surface area contributed by atoms with Crippen LogP contribution in [0.15, 0.2) is 72.8 Å². The average Bonchev–Trinajstić information content (AvgIpc) is 3.63. The van der Waals surface area contributed by atoms with Crippen molar-refractivity contribution in [1.29, 1.82) is 0 Å². The van der Waals surface area contributed by atoms with Crippen molar-refractivity contribution in [2.24, 2.45) is 0 Å². The topological polar surface area (TPSA) is 47.9 Å². The van der Waals surface area contributed by atoms with Crippen LogP contribution in [0.3, 0.4) is 0 Å². The fourth-order valence-electron chi connectivity index (χ4n) is 9.47. The number of hydrogen-bond donors (Lipinski definition) is 1. The zero-order valence-corrected chi connectivity index (χ0v) is 40.9. The van der Waals surface area contributed by atoms with Crippen LogP contribution in [0.5, 0.6) is 0 Å². The molecular formula is C56H79B2O4. The molecule has 6 rings (SSSR count). The van der Waals surface area contributed by atoms with Gasteiger partial charge in [0.25, 0.3) is 0 Å². The van der Waals surface area contributed by atoms with E-state index in [4.69, 9.17) is 14.0 Å². The molecule has 6 heteroatoms. The van der Waals surface area contributed by atoms with Gasteiger partial charge in [0.15, 0.2) is 0 Å². The fraction of sp³-hybridized carbons (Fsp3) is 0.571. The zero-order chi connectivity index (χ0) is 44.9. The van der Waals surface area contributed by atoms with E-state index in [0.29, 0.717) is 0 Å². The molecule has 1 fully saturated rings. The first kappa shape index (κ1) is 48.3. The van der Waals surface area contributed by atoms with Crippen molar-refractivity contribution in [3.63, 3.8) is 0 Å². The van der Waals surface area contributed by atoms with Crippen LogP contribution >= 0.6 is 0 Å². The van der Waals surface area contributed by atoms with E-state index in [0.717, 1.165) is 30.2 Å². The molecule has 0 saturated carbocycles. The number of unbranched alkanes of at least 4 members (excludes halogenated alkanes) is 9. The highest BCUT2D eigenvalue weighted by Crippen LogP contribution is 2.56. The van der Waals surface area contributed by atoms with E-state index in [1.165, 1.54) is 133 Å². The summed E-state index contributed by atoms with van der Waals surface area (Å²) in [5.41, 5.74) is 11.9. The van der Waals surface area contributed by atoms with E-state index in [2.05, 4.69) is 128 Å². The minimum Gasteiger partial charge on any atom is -0.427 e. The van der Waals surface area contributed by atoms with Crippen molar-refractivity contribution in [3.8, 4) is 11.1 Å². The van der Waals surface area contributed by atoms with Gasteiger partial charge in [0.2, 0.25) is 0 Å². The van der Waals surface area contributed by atoms with E-state index in [9.17, 15) is 5.11 Å². The highest BCUT2D eigenvalue weighted by atomic mass is 16.7. The second-order valence-electron chi connectivity index (χ2n) is 20.9. The second kappa shape index (κ2) is 19.9. The maximum atomic E-state index is 11.1. The summed E-state index contributed by atoms with van der Waals surface area (Å²) in [5.74, 6) is 0. The highest BCUT2D eigenvalue weighted by molar-refractivity contribution is 6.62. The number of aliphatic hydroxyl groups is 1. The predicted molar refractivity (Wildman–Crippen MR) is 265 cm³/mol. The van der Waals surface area contributed by atoms with Crippen molar-refractivity contribution in [2.45, 2.75) is 207 Å². The molecule has 1 radical (unpaired) electrons. The van der Waals surface area contributed by atoms with Gasteiger partial charge in [0.05, 0.1) is 27.8 Å². The Labute approximate surface area is 378 Å². The minimum absolute atomic E-state index is 0.458. The molecule has 1 N–H and O–H groups in total. The van der Waals surface area contributed by atoms with Crippen LogP contribution in [0.25, 0.3) is 11.1 Å². The molecule has 4 aromatic rings. The van der Waals surface area contributed by atoms with Crippen molar-refractivity contribution < 1.29 is 19.1 Å². The lowest BCUT2D eigenvalue weighted by atomic mass is 9.64. The first-order valence-corrected chi connectivity index (χ1v) is 24.5. The summed E-state index contributed by atoms with van der Waals surface area (Å²) in [6.07, 6.45) is 18.0. The van der Waals surface area contributed by atoms with E-state index < -0.39 is 34.9 Å². The number of rotatable bonds is 22. The summed E-state index contributed by atoms with van der Waals surface area (Å²) < 4.78 is 20.0. The molecule has 0 bridgehead atoms. The Morgan fingerprint density at radius 3 is 1.55 bits per heavy atom. The maximum Gasteiger partial charge on any atom is 0.494 e.